The Hall–Kier alpha value is -1.55. The molecule has 17 heavy (non-hydrogen) atoms. The second-order valence-corrected chi connectivity index (χ2v) is 4.37. The molecule has 2 rings (SSSR count). The minimum atomic E-state index is 0.128. The topological polar surface area (TPSA) is 64.3 Å². The van der Waals surface area contributed by atoms with Gasteiger partial charge in [0.15, 0.2) is 0 Å². The van der Waals surface area contributed by atoms with Gasteiger partial charge in [-0.1, -0.05) is 12.1 Å². The molecular formula is C13H18N2O2. The van der Waals surface area contributed by atoms with Gasteiger partial charge in [0.2, 0.25) is 5.91 Å². The zero-order valence-corrected chi connectivity index (χ0v) is 9.82. The van der Waals surface area contributed by atoms with Crippen molar-refractivity contribution in [2.45, 2.75) is 19.4 Å². The van der Waals surface area contributed by atoms with Gasteiger partial charge >= 0.3 is 0 Å². The molecule has 4 heteroatoms. The molecule has 4 nitrogen and oxygen atoms in total. The molecule has 0 radical (unpaired) electrons. The third-order valence-corrected chi connectivity index (χ3v) is 2.99. The Balaban J connectivity index is 1.82. The number of amides is 1. The predicted molar refractivity (Wildman–Crippen MR) is 65.6 cm³/mol. The fraction of sp³-hybridized carbons (Fsp3) is 0.462. The van der Waals surface area contributed by atoms with Crippen molar-refractivity contribution in [1.82, 2.24) is 5.32 Å². The molecule has 1 aromatic carbocycles. The summed E-state index contributed by atoms with van der Waals surface area (Å²) >= 11 is 0. The van der Waals surface area contributed by atoms with Crippen molar-refractivity contribution in [3.8, 4) is 5.75 Å². The van der Waals surface area contributed by atoms with E-state index in [1.807, 2.05) is 24.3 Å². The van der Waals surface area contributed by atoms with Crippen LogP contribution in [0.2, 0.25) is 0 Å². The first-order chi connectivity index (χ1) is 8.28. The first-order valence-electron chi connectivity index (χ1n) is 5.96. The molecule has 0 spiro atoms. The van der Waals surface area contributed by atoms with E-state index in [0.29, 0.717) is 25.5 Å². The molecule has 0 saturated carbocycles. The number of benzene rings is 1. The fourth-order valence-corrected chi connectivity index (χ4v) is 1.93. The number of piperidine rings is 1. The van der Waals surface area contributed by atoms with E-state index in [1.54, 1.807) is 0 Å². The molecule has 3 N–H and O–H groups in total. The quantitative estimate of drug-likeness (QED) is 0.818. The highest BCUT2D eigenvalue weighted by Gasteiger charge is 2.19. The van der Waals surface area contributed by atoms with E-state index in [2.05, 4.69) is 5.32 Å². The van der Waals surface area contributed by atoms with Crippen molar-refractivity contribution < 1.29 is 9.53 Å². The summed E-state index contributed by atoms with van der Waals surface area (Å²) < 4.78 is 5.67. The maximum absolute atomic E-state index is 11.2. The highest BCUT2D eigenvalue weighted by molar-refractivity contribution is 5.76. The summed E-state index contributed by atoms with van der Waals surface area (Å²) in [5.41, 5.74) is 6.61. The second kappa shape index (κ2) is 5.68. The van der Waals surface area contributed by atoms with Crippen molar-refractivity contribution in [3.63, 3.8) is 0 Å². The zero-order chi connectivity index (χ0) is 12.1. The summed E-state index contributed by atoms with van der Waals surface area (Å²) in [6.07, 6.45) is 1.56. The lowest BCUT2D eigenvalue weighted by molar-refractivity contribution is -0.123. The Morgan fingerprint density at radius 3 is 2.76 bits per heavy atom. The number of nitrogens with two attached hydrogens (primary N) is 1. The Bertz CT molecular complexity index is 376. The maximum Gasteiger partial charge on any atom is 0.220 e. The Morgan fingerprint density at radius 1 is 1.35 bits per heavy atom. The van der Waals surface area contributed by atoms with Crippen molar-refractivity contribution in [2.24, 2.45) is 11.7 Å². The molecule has 0 aromatic heterocycles. The first-order valence-corrected chi connectivity index (χ1v) is 5.96. The number of hydrogen-bond acceptors (Lipinski definition) is 3. The smallest absolute Gasteiger partial charge is 0.220 e. The van der Waals surface area contributed by atoms with Crippen LogP contribution in [-0.4, -0.2) is 19.1 Å². The lowest BCUT2D eigenvalue weighted by Crippen LogP contribution is -2.35. The lowest BCUT2D eigenvalue weighted by atomic mass is 9.99. The van der Waals surface area contributed by atoms with Crippen molar-refractivity contribution >= 4 is 5.91 Å². The van der Waals surface area contributed by atoms with Gasteiger partial charge in [0.05, 0.1) is 6.61 Å². The van der Waals surface area contributed by atoms with Crippen LogP contribution in [0.4, 0.5) is 0 Å². The molecule has 92 valence electrons. The summed E-state index contributed by atoms with van der Waals surface area (Å²) in [7, 11) is 0. The minimum absolute atomic E-state index is 0.128. The number of carbonyl (C=O) groups excluding carboxylic acids is 1. The molecule has 1 unspecified atom stereocenters. The lowest BCUT2D eigenvalue weighted by Gasteiger charge is -2.22. The molecule has 1 fully saturated rings. The Labute approximate surface area is 101 Å². The molecule has 1 atom stereocenters. The van der Waals surface area contributed by atoms with Gasteiger partial charge in [0.1, 0.15) is 5.75 Å². The number of hydrogen-bond donors (Lipinski definition) is 2. The Kier molecular flexibility index (Phi) is 3.98. The highest BCUT2D eigenvalue weighted by atomic mass is 16.5. The number of nitrogens with one attached hydrogen (secondary N) is 1. The number of carbonyl (C=O) groups is 1. The molecule has 1 saturated heterocycles. The van der Waals surface area contributed by atoms with Crippen LogP contribution in [0, 0.1) is 5.92 Å². The number of ether oxygens (including phenoxy) is 1. The summed E-state index contributed by atoms with van der Waals surface area (Å²) in [6.45, 7) is 1.91. The van der Waals surface area contributed by atoms with Crippen LogP contribution < -0.4 is 15.8 Å². The van der Waals surface area contributed by atoms with Crippen LogP contribution >= 0.6 is 0 Å². The summed E-state index contributed by atoms with van der Waals surface area (Å²) in [5, 5.41) is 2.82. The molecule has 1 heterocycles. The molecule has 1 aromatic rings. The van der Waals surface area contributed by atoms with Crippen LogP contribution in [0.25, 0.3) is 0 Å². The van der Waals surface area contributed by atoms with Gasteiger partial charge in [-0.2, -0.15) is 0 Å². The van der Waals surface area contributed by atoms with Gasteiger partial charge in [-0.05, 0) is 24.1 Å². The molecule has 1 aliphatic rings. The first kappa shape index (κ1) is 11.9. The number of rotatable bonds is 4. The van der Waals surface area contributed by atoms with Crippen LogP contribution in [0.3, 0.4) is 0 Å². The molecule has 1 aliphatic heterocycles. The van der Waals surface area contributed by atoms with Gasteiger partial charge in [-0.3, -0.25) is 4.79 Å². The largest absolute Gasteiger partial charge is 0.493 e. The normalized spacial score (nSPS) is 19.8. The Morgan fingerprint density at radius 2 is 2.12 bits per heavy atom. The van der Waals surface area contributed by atoms with Gasteiger partial charge in [-0.15, -0.1) is 0 Å². The fourth-order valence-electron chi connectivity index (χ4n) is 1.93. The second-order valence-electron chi connectivity index (χ2n) is 4.37. The zero-order valence-electron chi connectivity index (χ0n) is 9.82. The summed E-state index contributed by atoms with van der Waals surface area (Å²) in [4.78, 5) is 11.2. The summed E-state index contributed by atoms with van der Waals surface area (Å²) in [5.74, 6) is 1.30. The third kappa shape index (κ3) is 3.46. The summed E-state index contributed by atoms with van der Waals surface area (Å²) in [6, 6.07) is 7.77. The molecule has 1 amide bonds. The van der Waals surface area contributed by atoms with Crippen LogP contribution in [0.5, 0.6) is 5.75 Å². The molecule has 0 bridgehead atoms. The van der Waals surface area contributed by atoms with E-state index >= 15 is 0 Å². The van der Waals surface area contributed by atoms with E-state index < -0.39 is 0 Å². The van der Waals surface area contributed by atoms with Gasteiger partial charge in [0.25, 0.3) is 0 Å². The van der Waals surface area contributed by atoms with Crippen LogP contribution in [0.15, 0.2) is 24.3 Å². The highest BCUT2D eigenvalue weighted by Crippen LogP contribution is 2.17. The van der Waals surface area contributed by atoms with E-state index in [0.717, 1.165) is 24.3 Å². The van der Waals surface area contributed by atoms with E-state index in [1.165, 1.54) is 0 Å². The van der Waals surface area contributed by atoms with Gasteiger partial charge in [0, 0.05) is 25.4 Å². The molecular weight excluding hydrogens is 216 g/mol. The van der Waals surface area contributed by atoms with Gasteiger partial charge < -0.3 is 15.8 Å². The standard InChI is InChI=1S/C13H18N2O2/c14-8-10-1-3-12(4-2-10)17-9-11-5-6-15-13(16)7-11/h1-4,11H,5-9,14H2,(H,15,16). The van der Waals surface area contributed by atoms with E-state index in [9.17, 15) is 4.79 Å². The van der Waals surface area contributed by atoms with Crippen molar-refractivity contribution in [3.05, 3.63) is 29.8 Å². The van der Waals surface area contributed by atoms with Crippen molar-refractivity contribution in [2.75, 3.05) is 13.2 Å². The average molecular weight is 234 g/mol. The molecule has 0 aliphatic carbocycles. The minimum Gasteiger partial charge on any atom is -0.493 e. The van der Waals surface area contributed by atoms with Crippen LogP contribution in [0.1, 0.15) is 18.4 Å². The van der Waals surface area contributed by atoms with Gasteiger partial charge in [-0.25, -0.2) is 0 Å². The van der Waals surface area contributed by atoms with Crippen molar-refractivity contribution in [1.29, 1.82) is 0 Å². The predicted octanol–water partition coefficient (Wildman–Crippen LogP) is 1.05. The maximum atomic E-state index is 11.2. The van der Waals surface area contributed by atoms with E-state index in [4.69, 9.17) is 10.5 Å². The average Bonchev–Trinajstić information content (AvgIpc) is 2.37. The van der Waals surface area contributed by atoms with Crippen LogP contribution in [-0.2, 0) is 11.3 Å². The SMILES string of the molecule is NCc1ccc(OCC2CCNC(=O)C2)cc1. The van der Waals surface area contributed by atoms with E-state index in [-0.39, 0.29) is 5.91 Å². The monoisotopic (exact) mass is 234 g/mol. The third-order valence-electron chi connectivity index (χ3n) is 2.99.